The van der Waals surface area contributed by atoms with Gasteiger partial charge in [0.05, 0.1) is 23.5 Å². The molecule has 4 heterocycles. The van der Waals surface area contributed by atoms with Crippen LogP contribution >= 0.6 is 11.8 Å². The van der Waals surface area contributed by atoms with Crippen molar-refractivity contribution in [2.75, 3.05) is 31.3 Å². The quantitative estimate of drug-likeness (QED) is 0.592. The van der Waals surface area contributed by atoms with E-state index < -0.39 is 0 Å². The second-order valence-corrected chi connectivity index (χ2v) is 9.65. The lowest BCUT2D eigenvalue weighted by Gasteiger charge is -2.33. The topological polar surface area (TPSA) is 71.3 Å². The van der Waals surface area contributed by atoms with Gasteiger partial charge in [-0.1, -0.05) is 0 Å². The Morgan fingerprint density at radius 3 is 2.42 bits per heavy atom. The second-order valence-electron chi connectivity index (χ2n) is 8.57. The van der Waals surface area contributed by atoms with Crippen molar-refractivity contribution in [3.05, 3.63) is 77.6 Å². The van der Waals surface area contributed by atoms with Gasteiger partial charge in [0.1, 0.15) is 0 Å². The highest BCUT2D eigenvalue weighted by Gasteiger charge is 2.30. The van der Waals surface area contributed by atoms with Crippen molar-refractivity contribution in [1.82, 2.24) is 24.3 Å². The maximum Gasteiger partial charge on any atom is 0.256 e. The van der Waals surface area contributed by atoms with Crippen LogP contribution in [0.15, 0.2) is 55.1 Å². The summed E-state index contributed by atoms with van der Waals surface area (Å²) in [5.41, 5.74) is 4.21. The Bertz CT molecular complexity index is 1130. The molecule has 2 aliphatic heterocycles. The number of piperidine rings is 1. The highest BCUT2D eigenvalue weighted by molar-refractivity contribution is 7.99. The molecule has 33 heavy (non-hydrogen) atoms. The molecule has 1 aromatic carbocycles. The summed E-state index contributed by atoms with van der Waals surface area (Å²) in [5, 5.41) is 0. The first kappa shape index (κ1) is 21.7. The predicted octanol–water partition coefficient (Wildman–Crippen LogP) is 3.74. The van der Waals surface area contributed by atoms with Crippen LogP contribution in [0, 0.1) is 6.92 Å². The Morgan fingerprint density at radius 1 is 0.970 bits per heavy atom. The SMILES string of the molecule is Cc1ccc(C(=O)N2CCSC2)c(C2CCN(C(=O)c3ccc(-n4ccnc4)cc3)CC2)n1. The molecule has 0 bridgehead atoms. The molecule has 2 saturated heterocycles. The van der Waals surface area contributed by atoms with Gasteiger partial charge >= 0.3 is 0 Å². The normalized spacial score (nSPS) is 16.9. The summed E-state index contributed by atoms with van der Waals surface area (Å²) >= 11 is 1.79. The molecule has 3 aromatic rings. The number of carbonyl (C=O) groups excluding carboxylic acids is 2. The van der Waals surface area contributed by atoms with E-state index >= 15 is 0 Å². The number of hydrogen-bond acceptors (Lipinski definition) is 5. The molecule has 0 radical (unpaired) electrons. The van der Waals surface area contributed by atoms with Crippen molar-refractivity contribution >= 4 is 23.6 Å². The molecule has 0 spiro atoms. The Labute approximate surface area is 197 Å². The molecule has 0 aliphatic carbocycles. The molecule has 2 aliphatic rings. The van der Waals surface area contributed by atoms with Crippen LogP contribution < -0.4 is 0 Å². The molecule has 7 nitrogen and oxygen atoms in total. The first-order valence-electron chi connectivity index (χ1n) is 11.3. The molecule has 170 valence electrons. The lowest BCUT2D eigenvalue weighted by atomic mass is 9.89. The van der Waals surface area contributed by atoms with E-state index in [2.05, 4.69) is 4.98 Å². The summed E-state index contributed by atoms with van der Waals surface area (Å²) in [6.07, 6.45) is 6.97. The minimum absolute atomic E-state index is 0.0493. The standard InChI is InChI=1S/C25H27N5O2S/c1-18-2-7-22(25(32)30-14-15-33-17-30)23(27-18)19-8-11-28(12-9-19)24(31)20-3-5-21(6-4-20)29-13-10-26-16-29/h2-7,10,13,16,19H,8-9,11-12,14-15,17H2,1H3. The van der Waals surface area contributed by atoms with Crippen molar-refractivity contribution in [3.63, 3.8) is 0 Å². The van der Waals surface area contributed by atoms with Gasteiger partial charge in [-0.25, -0.2) is 4.98 Å². The number of imidazole rings is 1. The number of pyridine rings is 1. The number of benzene rings is 1. The van der Waals surface area contributed by atoms with Gasteiger partial charge in [-0.05, 0) is 56.2 Å². The van der Waals surface area contributed by atoms with Crippen molar-refractivity contribution in [2.24, 2.45) is 0 Å². The second kappa shape index (κ2) is 9.39. The zero-order valence-corrected chi connectivity index (χ0v) is 19.5. The van der Waals surface area contributed by atoms with E-state index in [1.807, 2.05) is 63.9 Å². The number of nitrogens with zero attached hydrogens (tertiary/aromatic N) is 5. The number of likely N-dealkylation sites (tertiary alicyclic amines) is 1. The fraction of sp³-hybridized carbons (Fsp3) is 0.360. The fourth-order valence-corrected chi connectivity index (χ4v) is 5.49. The Hall–Kier alpha value is -3.13. The van der Waals surface area contributed by atoms with Crippen molar-refractivity contribution in [3.8, 4) is 5.69 Å². The van der Waals surface area contributed by atoms with Crippen LogP contribution in [0.1, 0.15) is 50.9 Å². The third-order valence-corrected chi connectivity index (χ3v) is 7.39. The third-order valence-electron chi connectivity index (χ3n) is 6.42. The van der Waals surface area contributed by atoms with Crippen LogP contribution in [-0.4, -0.2) is 67.4 Å². The molecule has 0 N–H and O–H groups in total. The van der Waals surface area contributed by atoms with E-state index in [1.165, 1.54) is 0 Å². The first-order chi connectivity index (χ1) is 16.1. The van der Waals surface area contributed by atoms with Crippen LogP contribution in [0.5, 0.6) is 0 Å². The lowest BCUT2D eigenvalue weighted by Crippen LogP contribution is -2.38. The van der Waals surface area contributed by atoms with Gasteiger partial charge in [0, 0.05) is 60.6 Å². The number of amides is 2. The number of aromatic nitrogens is 3. The molecule has 8 heteroatoms. The molecule has 5 rings (SSSR count). The highest BCUT2D eigenvalue weighted by atomic mass is 32.2. The Kier molecular flexibility index (Phi) is 6.17. The Morgan fingerprint density at radius 2 is 1.76 bits per heavy atom. The highest BCUT2D eigenvalue weighted by Crippen LogP contribution is 2.31. The van der Waals surface area contributed by atoms with Crippen LogP contribution in [0.4, 0.5) is 0 Å². The minimum Gasteiger partial charge on any atom is -0.339 e. The molecule has 0 atom stereocenters. The fourth-order valence-electron chi connectivity index (χ4n) is 4.54. The summed E-state index contributed by atoms with van der Waals surface area (Å²) in [5.74, 6) is 2.06. The summed E-state index contributed by atoms with van der Waals surface area (Å²) in [7, 11) is 0. The number of aryl methyl sites for hydroxylation is 1. The molecule has 0 unspecified atom stereocenters. The zero-order chi connectivity index (χ0) is 22.8. The average molecular weight is 462 g/mol. The van der Waals surface area contributed by atoms with Crippen molar-refractivity contribution < 1.29 is 9.59 Å². The van der Waals surface area contributed by atoms with Gasteiger partial charge < -0.3 is 14.4 Å². The number of rotatable bonds is 4. The smallest absolute Gasteiger partial charge is 0.256 e. The van der Waals surface area contributed by atoms with Gasteiger partial charge in [0.15, 0.2) is 0 Å². The van der Waals surface area contributed by atoms with E-state index in [4.69, 9.17) is 4.98 Å². The van der Waals surface area contributed by atoms with E-state index in [-0.39, 0.29) is 17.7 Å². The molecule has 0 saturated carbocycles. The third kappa shape index (κ3) is 4.53. The van der Waals surface area contributed by atoms with Crippen LogP contribution in [0.3, 0.4) is 0 Å². The zero-order valence-electron chi connectivity index (χ0n) is 18.7. The maximum atomic E-state index is 13.1. The largest absolute Gasteiger partial charge is 0.339 e. The van der Waals surface area contributed by atoms with Gasteiger partial charge in [-0.3, -0.25) is 14.6 Å². The van der Waals surface area contributed by atoms with Crippen LogP contribution in [-0.2, 0) is 0 Å². The number of hydrogen-bond donors (Lipinski definition) is 0. The molecular formula is C25H27N5O2S. The summed E-state index contributed by atoms with van der Waals surface area (Å²) < 4.78 is 1.91. The van der Waals surface area contributed by atoms with Gasteiger partial charge in [0.2, 0.25) is 0 Å². The first-order valence-corrected chi connectivity index (χ1v) is 12.5. The molecular weight excluding hydrogens is 434 g/mol. The summed E-state index contributed by atoms with van der Waals surface area (Å²) in [6, 6.07) is 11.5. The number of carbonyl (C=O) groups is 2. The van der Waals surface area contributed by atoms with E-state index in [1.54, 1.807) is 24.3 Å². The minimum atomic E-state index is 0.0493. The molecule has 2 amide bonds. The van der Waals surface area contributed by atoms with Gasteiger partial charge in [0.25, 0.3) is 11.8 Å². The molecule has 2 fully saturated rings. The van der Waals surface area contributed by atoms with E-state index in [0.717, 1.165) is 53.7 Å². The monoisotopic (exact) mass is 461 g/mol. The van der Waals surface area contributed by atoms with Crippen molar-refractivity contribution in [2.45, 2.75) is 25.7 Å². The average Bonchev–Trinajstić information content (AvgIpc) is 3.58. The van der Waals surface area contributed by atoms with E-state index in [9.17, 15) is 9.59 Å². The summed E-state index contributed by atoms with van der Waals surface area (Å²) in [6.45, 7) is 4.09. The van der Waals surface area contributed by atoms with Crippen LogP contribution in [0.25, 0.3) is 5.69 Å². The molecule has 2 aromatic heterocycles. The van der Waals surface area contributed by atoms with E-state index in [0.29, 0.717) is 18.7 Å². The van der Waals surface area contributed by atoms with Crippen molar-refractivity contribution in [1.29, 1.82) is 0 Å². The maximum absolute atomic E-state index is 13.1. The Balaban J connectivity index is 1.27. The summed E-state index contributed by atoms with van der Waals surface area (Å²) in [4.78, 5) is 38.8. The van der Waals surface area contributed by atoms with Crippen LogP contribution in [0.2, 0.25) is 0 Å². The lowest BCUT2D eigenvalue weighted by molar-refractivity contribution is 0.0707. The van der Waals surface area contributed by atoms with Gasteiger partial charge in [-0.15, -0.1) is 11.8 Å². The number of thioether (sulfide) groups is 1. The van der Waals surface area contributed by atoms with Gasteiger partial charge in [-0.2, -0.15) is 0 Å². The predicted molar refractivity (Wildman–Crippen MR) is 129 cm³/mol.